The van der Waals surface area contributed by atoms with Crippen LogP contribution >= 0.6 is 0 Å². The number of nitrogens with zero attached hydrogens (tertiary/aromatic N) is 1. The van der Waals surface area contributed by atoms with Crippen LogP contribution in [0.3, 0.4) is 0 Å². The first-order valence-electron chi connectivity index (χ1n) is 3.56. The van der Waals surface area contributed by atoms with Crippen molar-refractivity contribution in [3.05, 3.63) is 34.0 Å². The molecule has 0 bridgehead atoms. The van der Waals surface area contributed by atoms with Crippen molar-refractivity contribution in [3.63, 3.8) is 0 Å². The van der Waals surface area contributed by atoms with Crippen molar-refractivity contribution in [2.24, 2.45) is 5.41 Å². The minimum atomic E-state index is -0.307. The van der Waals surface area contributed by atoms with Crippen LogP contribution in [0.25, 0.3) is 0 Å². The molecular weight excluding hydrogens is 142 g/mol. The van der Waals surface area contributed by atoms with Gasteiger partial charge >= 0.3 is 0 Å². The summed E-state index contributed by atoms with van der Waals surface area (Å²) in [5, 5.41) is 10.5. The Morgan fingerprint density at radius 3 is 2.64 bits per heavy atom. The zero-order chi connectivity index (χ0) is 8.48. The third kappa shape index (κ3) is 1.48. The summed E-state index contributed by atoms with van der Waals surface area (Å²) in [6, 6.07) is 0. The second-order valence-electron chi connectivity index (χ2n) is 3.33. The van der Waals surface area contributed by atoms with Crippen LogP contribution in [0, 0.1) is 15.5 Å². The molecule has 0 saturated heterocycles. The highest BCUT2D eigenvalue weighted by Gasteiger charge is 2.32. The van der Waals surface area contributed by atoms with E-state index in [0.717, 1.165) is 6.42 Å². The van der Waals surface area contributed by atoms with Gasteiger partial charge in [0, 0.05) is 6.08 Å². The fraction of sp³-hybridized carbons (Fsp3) is 0.500. The van der Waals surface area contributed by atoms with Gasteiger partial charge in [-0.1, -0.05) is 12.2 Å². The van der Waals surface area contributed by atoms with Crippen LogP contribution in [0.1, 0.15) is 20.3 Å². The molecular formula is C8H11NO2. The van der Waals surface area contributed by atoms with Crippen molar-refractivity contribution in [2.45, 2.75) is 20.3 Å². The Bertz CT molecular complexity index is 238. The van der Waals surface area contributed by atoms with E-state index in [1.807, 2.05) is 19.9 Å². The summed E-state index contributed by atoms with van der Waals surface area (Å²) in [6.45, 7) is 3.76. The SMILES string of the molecule is CC1(C)CC=CC=C1[N+](=O)[O-]. The van der Waals surface area contributed by atoms with Gasteiger partial charge in [0.15, 0.2) is 0 Å². The first kappa shape index (κ1) is 7.98. The molecule has 11 heavy (non-hydrogen) atoms. The van der Waals surface area contributed by atoms with Gasteiger partial charge in [-0.15, -0.1) is 0 Å². The topological polar surface area (TPSA) is 43.1 Å². The molecule has 0 aromatic carbocycles. The lowest BCUT2D eigenvalue weighted by atomic mass is 9.83. The second-order valence-corrected chi connectivity index (χ2v) is 3.33. The van der Waals surface area contributed by atoms with Crippen molar-refractivity contribution in [1.29, 1.82) is 0 Å². The highest BCUT2D eigenvalue weighted by molar-refractivity contribution is 5.19. The average molecular weight is 153 g/mol. The molecule has 3 heteroatoms. The molecule has 0 spiro atoms. The van der Waals surface area contributed by atoms with Crippen LogP contribution in [0.15, 0.2) is 23.9 Å². The van der Waals surface area contributed by atoms with E-state index < -0.39 is 0 Å². The number of rotatable bonds is 1. The summed E-state index contributed by atoms with van der Waals surface area (Å²) in [5.41, 5.74) is -0.00174. The Hall–Kier alpha value is -1.12. The number of allylic oxidation sites excluding steroid dienone is 4. The van der Waals surface area contributed by atoms with Gasteiger partial charge in [0.25, 0.3) is 5.70 Å². The Morgan fingerprint density at radius 1 is 1.64 bits per heavy atom. The number of hydrogen-bond donors (Lipinski definition) is 0. The second kappa shape index (κ2) is 2.49. The van der Waals surface area contributed by atoms with Crippen LogP contribution in [0.2, 0.25) is 0 Å². The van der Waals surface area contributed by atoms with Crippen LogP contribution in [-0.2, 0) is 0 Å². The molecule has 3 nitrogen and oxygen atoms in total. The number of hydrogen-bond acceptors (Lipinski definition) is 2. The molecule has 0 aliphatic heterocycles. The molecule has 0 saturated carbocycles. The lowest BCUT2D eigenvalue weighted by molar-refractivity contribution is -0.439. The van der Waals surface area contributed by atoms with Crippen LogP contribution in [0.5, 0.6) is 0 Å². The molecule has 1 rings (SSSR count). The Morgan fingerprint density at radius 2 is 2.27 bits per heavy atom. The Kier molecular flexibility index (Phi) is 1.81. The monoisotopic (exact) mass is 153 g/mol. The van der Waals surface area contributed by atoms with Gasteiger partial charge in [0.2, 0.25) is 0 Å². The zero-order valence-corrected chi connectivity index (χ0v) is 6.70. The maximum Gasteiger partial charge on any atom is 0.252 e. The molecule has 0 amide bonds. The highest BCUT2D eigenvalue weighted by Crippen LogP contribution is 2.33. The van der Waals surface area contributed by atoms with E-state index in [-0.39, 0.29) is 10.3 Å². The van der Waals surface area contributed by atoms with Crippen molar-refractivity contribution >= 4 is 0 Å². The van der Waals surface area contributed by atoms with E-state index in [1.165, 1.54) is 0 Å². The minimum absolute atomic E-state index is 0.302. The molecule has 0 aromatic rings. The van der Waals surface area contributed by atoms with Gasteiger partial charge in [-0.2, -0.15) is 0 Å². The molecule has 1 aliphatic rings. The lowest BCUT2D eigenvalue weighted by Gasteiger charge is -2.21. The normalized spacial score (nSPS) is 21.1. The summed E-state index contributed by atoms with van der Waals surface area (Å²) in [5.74, 6) is 0. The first-order valence-corrected chi connectivity index (χ1v) is 3.56. The molecule has 0 atom stereocenters. The Labute approximate surface area is 65.6 Å². The predicted molar refractivity (Wildman–Crippen MR) is 42.6 cm³/mol. The van der Waals surface area contributed by atoms with E-state index in [4.69, 9.17) is 0 Å². The predicted octanol–water partition coefficient (Wildman–Crippen LogP) is 2.13. The summed E-state index contributed by atoms with van der Waals surface area (Å²) in [6.07, 6.45) is 6.01. The van der Waals surface area contributed by atoms with Crippen molar-refractivity contribution in [1.82, 2.24) is 0 Å². The molecule has 1 aliphatic carbocycles. The van der Waals surface area contributed by atoms with Crippen molar-refractivity contribution < 1.29 is 4.92 Å². The van der Waals surface area contributed by atoms with Gasteiger partial charge in [0.05, 0.1) is 10.3 Å². The van der Waals surface area contributed by atoms with E-state index in [9.17, 15) is 10.1 Å². The molecule has 0 heterocycles. The standard InChI is InChI=1S/C8H11NO2/c1-8(2)6-4-3-5-7(8)9(10)11/h3-5H,6H2,1-2H3. The van der Waals surface area contributed by atoms with E-state index >= 15 is 0 Å². The molecule has 0 aromatic heterocycles. The summed E-state index contributed by atoms with van der Waals surface area (Å²) >= 11 is 0. The third-order valence-corrected chi connectivity index (χ3v) is 1.91. The maximum absolute atomic E-state index is 10.5. The molecule has 0 unspecified atom stereocenters. The fourth-order valence-electron chi connectivity index (χ4n) is 1.16. The van der Waals surface area contributed by atoms with Crippen LogP contribution < -0.4 is 0 Å². The fourth-order valence-corrected chi connectivity index (χ4v) is 1.16. The van der Waals surface area contributed by atoms with Crippen molar-refractivity contribution in [3.8, 4) is 0 Å². The smallest absolute Gasteiger partial charge is 0.252 e. The third-order valence-electron chi connectivity index (χ3n) is 1.91. The minimum Gasteiger partial charge on any atom is -0.259 e. The molecule has 60 valence electrons. The quantitative estimate of drug-likeness (QED) is 0.428. The number of nitro groups is 1. The molecule has 0 fully saturated rings. The Balaban J connectivity index is 2.97. The summed E-state index contributed by atoms with van der Waals surface area (Å²) in [4.78, 5) is 10.2. The van der Waals surface area contributed by atoms with Gasteiger partial charge in [0.1, 0.15) is 0 Å². The lowest BCUT2D eigenvalue weighted by Crippen LogP contribution is -2.21. The van der Waals surface area contributed by atoms with Gasteiger partial charge in [-0.05, 0) is 20.3 Å². The van der Waals surface area contributed by atoms with Gasteiger partial charge < -0.3 is 0 Å². The first-order chi connectivity index (χ1) is 5.04. The van der Waals surface area contributed by atoms with E-state index in [2.05, 4.69) is 0 Å². The van der Waals surface area contributed by atoms with E-state index in [0.29, 0.717) is 5.70 Å². The van der Waals surface area contributed by atoms with Gasteiger partial charge in [-0.25, -0.2) is 0 Å². The highest BCUT2D eigenvalue weighted by atomic mass is 16.6. The average Bonchev–Trinajstić information content (AvgIpc) is 1.85. The van der Waals surface area contributed by atoms with Crippen molar-refractivity contribution in [2.75, 3.05) is 0 Å². The molecule has 0 N–H and O–H groups in total. The van der Waals surface area contributed by atoms with E-state index in [1.54, 1.807) is 12.2 Å². The summed E-state index contributed by atoms with van der Waals surface area (Å²) in [7, 11) is 0. The molecule has 0 radical (unpaired) electrons. The van der Waals surface area contributed by atoms with Crippen LogP contribution in [0.4, 0.5) is 0 Å². The largest absolute Gasteiger partial charge is 0.259 e. The maximum atomic E-state index is 10.5. The van der Waals surface area contributed by atoms with Crippen LogP contribution in [-0.4, -0.2) is 4.92 Å². The zero-order valence-electron chi connectivity index (χ0n) is 6.70. The van der Waals surface area contributed by atoms with Gasteiger partial charge in [-0.3, -0.25) is 10.1 Å². The summed E-state index contributed by atoms with van der Waals surface area (Å²) < 4.78 is 0.